The monoisotopic (exact) mass is 410 g/mol. The van der Waals surface area contributed by atoms with Gasteiger partial charge in [0.15, 0.2) is 0 Å². The largest absolute Gasteiger partial charge is 0.379 e. The summed E-state index contributed by atoms with van der Waals surface area (Å²) >= 11 is 2.12. The maximum Gasteiger partial charge on any atom is 0.339 e. The average molecular weight is 410 g/mol. The van der Waals surface area contributed by atoms with Crippen molar-refractivity contribution in [2.75, 3.05) is 0 Å². The Kier molecular flexibility index (Phi) is 3.86. The lowest BCUT2D eigenvalue weighted by molar-refractivity contribution is 0.486. The van der Waals surface area contributed by atoms with Crippen LogP contribution in [0.25, 0.3) is 10.8 Å². The van der Waals surface area contributed by atoms with E-state index in [-0.39, 0.29) is 4.90 Å². The molecule has 0 fully saturated rings. The fourth-order valence-electron chi connectivity index (χ4n) is 2.00. The molecule has 0 bridgehead atoms. The van der Waals surface area contributed by atoms with Gasteiger partial charge < -0.3 is 4.18 Å². The molecule has 106 valence electrons. The van der Waals surface area contributed by atoms with Crippen molar-refractivity contribution in [2.45, 2.75) is 4.90 Å². The Morgan fingerprint density at radius 2 is 1.48 bits per heavy atom. The van der Waals surface area contributed by atoms with E-state index in [1.165, 1.54) is 12.1 Å². The molecule has 0 aliphatic heterocycles. The highest BCUT2D eigenvalue weighted by Crippen LogP contribution is 2.24. The third-order valence-corrected chi connectivity index (χ3v) is 5.01. The third-order valence-electron chi connectivity index (χ3n) is 3.03. The van der Waals surface area contributed by atoms with Crippen molar-refractivity contribution in [3.63, 3.8) is 0 Å². The highest BCUT2D eigenvalue weighted by Gasteiger charge is 2.16. The average Bonchev–Trinajstić information content (AvgIpc) is 2.47. The lowest BCUT2D eigenvalue weighted by Crippen LogP contribution is -2.09. The van der Waals surface area contributed by atoms with Crippen molar-refractivity contribution in [3.8, 4) is 5.75 Å². The molecule has 3 nitrogen and oxygen atoms in total. The maximum absolute atomic E-state index is 12.2. The first kappa shape index (κ1) is 14.3. The number of hydrogen-bond acceptors (Lipinski definition) is 3. The zero-order chi connectivity index (χ0) is 14.9. The fraction of sp³-hybridized carbons (Fsp3) is 0. The molecular formula is C16H11IO3S. The minimum absolute atomic E-state index is 0.149. The second-order valence-corrected chi connectivity index (χ2v) is 7.29. The Labute approximate surface area is 136 Å². The van der Waals surface area contributed by atoms with Gasteiger partial charge in [-0.15, -0.1) is 0 Å². The highest BCUT2D eigenvalue weighted by atomic mass is 127. The minimum atomic E-state index is -3.80. The molecule has 0 aromatic heterocycles. The van der Waals surface area contributed by atoms with Crippen LogP contribution in [0.15, 0.2) is 71.6 Å². The van der Waals surface area contributed by atoms with Gasteiger partial charge in [-0.1, -0.05) is 30.3 Å². The van der Waals surface area contributed by atoms with Crippen LogP contribution in [0, 0.1) is 3.57 Å². The van der Waals surface area contributed by atoms with Gasteiger partial charge in [-0.2, -0.15) is 8.42 Å². The molecule has 0 amide bonds. The lowest BCUT2D eigenvalue weighted by Gasteiger charge is -2.08. The molecule has 0 unspecified atom stereocenters. The number of halogens is 1. The van der Waals surface area contributed by atoms with E-state index in [9.17, 15) is 8.42 Å². The smallest absolute Gasteiger partial charge is 0.339 e. The molecule has 3 aromatic carbocycles. The van der Waals surface area contributed by atoms with Crippen LogP contribution in [-0.2, 0) is 10.1 Å². The zero-order valence-corrected chi connectivity index (χ0v) is 13.8. The molecule has 0 aliphatic rings. The van der Waals surface area contributed by atoms with Gasteiger partial charge in [0, 0.05) is 3.57 Å². The van der Waals surface area contributed by atoms with Gasteiger partial charge in [-0.05, 0) is 69.8 Å². The van der Waals surface area contributed by atoms with E-state index in [1.807, 2.05) is 30.3 Å². The Morgan fingerprint density at radius 1 is 0.810 bits per heavy atom. The summed E-state index contributed by atoms with van der Waals surface area (Å²) in [6.45, 7) is 0. The predicted molar refractivity (Wildman–Crippen MR) is 90.9 cm³/mol. The molecule has 5 heteroatoms. The zero-order valence-electron chi connectivity index (χ0n) is 10.9. The molecule has 0 atom stereocenters. The summed E-state index contributed by atoms with van der Waals surface area (Å²) in [4.78, 5) is 0.149. The van der Waals surface area contributed by atoms with Crippen LogP contribution in [0.5, 0.6) is 5.75 Å². The topological polar surface area (TPSA) is 43.4 Å². The standard InChI is InChI=1S/C16H11IO3S/c17-14-6-9-16(10-7-14)21(18,19)20-15-8-5-12-3-1-2-4-13(12)11-15/h1-11H. The van der Waals surface area contributed by atoms with E-state index in [0.29, 0.717) is 5.75 Å². The summed E-state index contributed by atoms with van der Waals surface area (Å²) in [6, 6.07) is 19.5. The maximum atomic E-state index is 12.2. The van der Waals surface area contributed by atoms with Gasteiger partial charge in [0.2, 0.25) is 0 Å². The predicted octanol–water partition coefficient (Wildman–Crippen LogP) is 4.21. The first-order valence-electron chi connectivity index (χ1n) is 6.23. The second-order valence-electron chi connectivity index (χ2n) is 4.50. The summed E-state index contributed by atoms with van der Waals surface area (Å²) in [5, 5.41) is 1.98. The van der Waals surface area contributed by atoms with E-state index in [2.05, 4.69) is 22.6 Å². The molecule has 0 saturated carbocycles. The van der Waals surface area contributed by atoms with Crippen molar-refractivity contribution in [3.05, 3.63) is 70.3 Å². The van der Waals surface area contributed by atoms with Crippen LogP contribution < -0.4 is 4.18 Å². The van der Waals surface area contributed by atoms with E-state index < -0.39 is 10.1 Å². The lowest BCUT2D eigenvalue weighted by atomic mass is 10.1. The van der Waals surface area contributed by atoms with E-state index in [1.54, 1.807) is 24.3 Å². The molecule has 0 N–H and O–H groups in total. The first-order valence-corrected chi connectivity index (χ1v) is 8.72. The van der Waals surface area contributed by atoms with Crippen molar-refractivity contribution in [1.82, 2.24) is 0 Å². The van der Waals surface area contributed by atoms with Crippen LogP contribution in [0.2, 0.25) is 0 Å². The molecular weight excluding hydrogens is 399 g/mol. The second kappa shape index (κ2) is 5.65. The van der Waals surface area contributed by atoms with Crippen molar-refractivity contribution < 1.29 is 12.6 Å². The minimum Gasteiger partial charge on any atom is -0.379 e. The van der Waals surface area contributed by atoms with E-state index in [4.69, 9.17) is 4.18 Å². The van der Waals surface area contributed by atoms with Gasteiger partial charge in [0.05, 0.1) is 0 Å². The van der Waals surface area contributed by atoms with Crippen LogP contribution in [0.3, 0.4) is 0 Å². The summed E-state index contributed by atoms with van der Waals surface area (Å²) < 4.78 is 30.6. The van der Waals surface area contributed by atoms with Gasteiger partial charge in [-0.3, -0.25) is 0 Å². The SMILES string of the molecule is O=S(=O)(Oc1ccc2ccccc2c1)c1ccc(I)cc1. The molecule has 0 radical (unpaired) electrons. The van der Waals surface area contributed by atoms with Gasteiger partial charge in [0.1, 0.15) is 10.6 Å². The molecule has 3 rings (SSSR count). The molecule has 21 heavy (non-hydrogen) atoms. The number of benzene rings is 3. The van der Waals surface area contributed by atoms with Crippen molar-refractivity contribution in [2.24, 2.45) is 0 Å². The molecule has 0 heterocycles. The Balaban J connectivity index is 1.95. The summed E-state index contributed by atoms with van der Waals surface area (Å²) in [5.74, 6) is 0.312. The fourth-order valence-corrected chi connectivity index (χ4v) is 3.28. The number of rotatable bonds is 3. The summed E-state index contributed by atoms with van der Waals surface area (Å²) in [5.41, 5.74) is 0. The molecule has 0 spiro atoms. The van der Waals surface area contributed by atoms with Gasteiger partial charge in [0.25, 0.3) is 0 Å². The van der Waals surface area contributed by atoms with Crippen LogP contribution in [0.1, 0.15) is 0 Å². The summed E-state index contributed by atoms with van der Waals surface area (Å²) in [7, 11) is -3.80. The summed E-state index contributed by atoms with van der Waals surface area (Å²) in [6.07, 6.45) is 0. The normalized spacial score (nSPS) is 11.5. The number of hydrogen-bond donors (Lipinski definition) is 0. The highest BCUT2D eigenvalue weighted by molar-refractivity contribution is 14.1. The Bertz CT molecular complexity index is 887. The van der Waals surface area contributed by atoms with Crippen molar-refractivity contribution in [1.29, 1.82) is 0 Å². The Morgan fingerprint density at radius 3 is 2.19 bits per heavy atom. The number of fused-ring (bicyclic) bond motifs is 1. The van der Waals surface area contributed by atoms with Crippen molar-refractivity contribution >= 4 is 43.5 Å². The molecule has 0 saturated heterocycles. The van der Waals surface area contributed by atoms with E-state index >= 15 is 0 Å². The Hall–Kier alpha value is -1.60. The first-order chi connectivity index (χ1) is 10.0. The quantitative estimate of drug-likeness (QED) is 0.480. The van der Waals surface area contributed by atoms with Gasteiger partial charge in [-0.25, -0.2) is 0 Å². The third kappa shape index (κ3) is 3.19. The molecule has 3 aromatic rings. The van der Waals surface area contributed by atoms with Crippen LogP contribution >= 0.6 is 22.6 Å². The van der Waals surface area contributed by atoms with Gasteiger partial charge >= 0.3 is 10.1 Å². The molecule has 0 aliphatic carbocycles. The van der Waals surface area contributed by atoms with Crippen LogP contribution in [-0.4, -0.2) is 8.42 Å². The van der Waals surface area contributed by atoms with E-state index in [0.717, 1.165) is 14.3 Å². The van der Waals surface area contributed by atoms with Crippen LogP contribution in [0.4, 0.5) is 0 Å².